The van der Waals surface area contributed by atoms with Crippen LogP contribution in [-0.2, 0) is 56.2 Å². The van der Waals surface area contributed by atoms with Gasteiger partial charge in [0.15, 0.2) is 0 Å². The summed E-state index contributed by atoms with van der Waals surface area (Å²) in [4.78, 5) is 147. The highest BCUT2D eigenvalue weighted by molar-refractivity contribution is 5.95. The monoisotopic (exact) mass is 1150 g/mol. The molecule has 1 aliphatic heterocycles. The zero-order valence-electron chi connectivity index (χ0n) is 45.5. The maximum atomic E-state index is 14.1. The summed E-state index contributed by atoms with van der Waals surface area (Å²) >= 11 is 0. The number of unbranched alkanes of at least 4 members (excludes halogenated alkanes) is 2. The van der Waals surface area contributed by atoms with Crippen LogP contribution in [0.4, 0.5) is 4.79 Å². The molecule has 2 heterocycles. The largest absolute Gasteiger partial charge is 0.481 e. The van der Waals surface area contributed by atoms with E-state index in [9.17, 15) is 83.4 Å². The van der Waals surface area contributed by atoms with E-state index in [0.717, 1.165) is 10.8 Å². The molecule has 5 amide bonds. The molecule has 1 saturated heterocycles. The van der Waals surface area contributed by atoms with Gasteiger partial charge in [0.05, 0.1) is 31.9 Å². The number of nitrogens with zero attached hydrogens (tertiary/aromatic N) is 6. The number of aromatic nitrogens is 1. The Kier molecular flexibility index (Phi) is 28.0. The number of hydrogen-bond donors (Lipinski definition) is 11. The number of carboxylic acid groups (broad SMARTS) is 7. The second kappa shape index (κ2) is 34.7. The Labute approximate surface area is 472 Å². The first-order valence-corrected chi connectivity index (χ1v) is 26.9. The van der Waals surface area contributed by atoms with Gasteiger partial charge in [0, 0.05) is 108 Å². The molecule has 28 heteroatoms. The molecule has 4 rings (SSSR count). The molecule has 82 heavy (non-hydrogen) atoms. The van der Waals surface area contributed by atoms with E-state index in [-0.39, 0.29) is 142 Å². The summed E-state index contributed by atoms with van der Waals surface area (Å²) in [6.45, 7) is 0.522. The molecular formula is C54H74N10O18. The van der Waals surface area contributed by atoms with Crippen LogP contribution in [0.3, 0.4) is 0 Å². The standard InChI is InChI=1S/C54H74N10O18/c65-44(10-3-5-20-56-45(66)17-16-43(53(80)81)63-29-27-61(34-48(71)72)25-23-60(33-47(69)70)24-26-62(28-30-63)35-49(73)74)57-31-36-11-13-38(14-12-36)50(75)64(32-42-39-8-2-1-7-37(39)19-21-55-42)22-6-4-9-40(51(76)77)58-54(82)59-41(52(78)79)15-18-46(67)68/h1-2,7-8,11-14,19,21,40-41,43H,3-6,9-10,15-18,20,22-35H2,(H,56,66)(H,57,65)(H,67,68)(H,69,70)(H,71,72)(H,73,74)(H,76,77)(H,78,79)(H,80,81)(H2,58,59,82)/t40-,41-,43?/m0/s1. The average Bonchev–Trinajstić information content (AvgIpc) is 3.49. The molecular weight excluding hydrogens is 1080 g/mol. The minimum atomic E-state index is -1.56. The maximum Gasteiger partial charge on any atom is 0.326 e. The van der Waals surface area contributed by atoms with E-state index in [2.05, 4.69) is 26.3 Å². The minimum absolute atomic E-state index is 0.0704. The van der Waals surface area contributed by atoms with E-state index in [4.69, 9.17) is 5.11 Å². The number of aliphatic carboxylic acids is 7. The number of carbonyl (C=O) groups excluding carboxylic acids is 4. The van der Waals surface area contributed by atoms with Gasteiger partial charge in [-0.1, -0.05) is 36.4 Å². The zero-order chi connectivity index (χ0) is 60.1. The summed E-state index contributed by atoms with van der Waals surface area (Å²) in [6.07, 6.45) is 1.80. The molecule has 1 unspecified atom stereocenters. The topological polar surface area (TPSA) is 407 Å². The summed E-state index contributed by atoms with van der Waals surface area (Å²) in [5, 5.41) is 78.5. The first-order valence-electron chi connectivity index (χ1n) is 26.9. The van der Waals surface area contributed by atoms with Crippen molar-refractivity contribution < 1.29 is 88.5 Å². The number of benzene rings is 2. The van der Waals surface area contributed by atoms with Gasteiger partial charge in [0.25, 0.3) is 5.91 Å². The van der Waals surface area contributed by atoms with Gasteiger partial charge in [-0.3, -0.25) is 62.9 Å². The van der Waals surface area contributed by atoms with Gasteiger partial charge in [-0.25, -0.2) is 14.4 Å². The number of pyridine rings is 1. The van der Waals surface area contributed by atoms with Crippen LogP contribution in [0.5, 0.6) is 0 Å². The van der Waals surface area contributed by atoms with E-state index >= 15 is 0 Å². The summed E-state index contributed by atoms with van der Waals surface area (Å²) in [6, 6.07) is 10.7. The summed E-state index contributed by atoms with van der Waals surface area (Å²) in [5.41, 5.74) is 1.64. The van der Waals surface area contributed by atoms with Gasteiger partial charge in [0.1, 0.15) is 18.1 Å². The minimum Gasteiger partial charge on any atom is -0.481 e. The number of hydrogen-bond acceptors (Lipinski definition) is 16. The highest BCUT2D eigenvalue weighted by Gasteiger charge is 2.30. The number of amides is 5. The van der Waals surface area contributed by atoms with Crippen LogP contribution in [0.2, 0.25) is 0 Å². The summed E-state index contributed by atoms with van der Waals surface area (Å²) in [7, 11) is 0. The lowest BCUT2D eigenvalue weighted by atomic mass is 10.1. The lowest BCUT2D eigenvalue weighted by Crippen LogP contribution is -2.52. The SMILES string of the molecule is O=C(O)CC[C@H](NC(=O)N[C@@H](CCCCN(Cc1nccc2ccccc12)C(=O)c1ccc(CNC(=O)CCCCNC(=O)CCC(C(=O)O)N2CCN(CC(=O)O)CCN(CC(=O)O)CCN(CC(=O)O)CC2)cc1)C(=O)O)C(=O)O. The Morgan fingerprint density at radius 3 is 1.63 bits per heavy atom. The molecule has 3 aromatic rings. The van der Waals surface area contributed by atoms with Crippen LogP contribution in [0.25, 0.3) is 10.8 Å². The number of rotatable bonds is 33. The fourth-order valence-corrected chi connectivity index (χ4v) is 9.14. The van der Waals surface area contributed by atoms with Gasteiger partial charge in [-0.2, -0.15) is 0 Å². The van der Waals surface area contributed by atoms with Crippen LogP contribution < -0.4 is 21.3 Å². The Hall–Kier alpha value is -8.34. The Morgan fingerprint density at radius 1 is 0.537 bits per heavy atom. The predicted octanol–water partition coefficient (Wildman–Crippen LogP) is 0.729. The van der Waals surface area contributed by atoms with Gasteiger partial charge in [0.2, 0.25) is 11.8 Å². The van der Waals surface area contributed by atoms with Crippen molar-refractivity contribution in [2.24, 2.45) is 0 Å². The number of carboxylic acids is 7. The zero-order valence-corrected chi connectivity index (χ0v) is 45.5. The van der Waals surface area contributed by atoms with Crippen molar-refractivity contribution in [1.82, 2.24) is 50.8 Å². The average molecular weight is 1150 g/mol. The van der Waals surface area contributed by atoms with Gasteiger partial charge < -0.3 is 61.9 Å². The van der Waals surface area contributed by atoms with Crippen molar-refractivity contribution in [3.8, 4) is 0 Å². The number of carbonyl (C=O) groups is 11. The number of urea groups is 1. The van der Waals surface area contributed by atoms with E-state index in [1.54, 1.807) is 55.0 Å². The van der Waals surface area contributed by atoms with Crippen molar-refractivity contribution in [3.05, 3.63) is 77.6 Å². The number of fused-ring (bicyclic) bond motifs is 1. The maximum absolute atomic E-state index is 14.1. The van der Waals surface area contributed by atoms with E-state index in [1.807, 2.05) is 30.3 Å². The second-order valence-electron chi connectivity index (χ2n) is 19.8. The first-order chi connectivity index (χ1) is 39.1. The van der Waals surface area contributed by atoms with Gasteiger partial charge in [-0.15, -0.1) is 0 Å². The molecule has 3 atom stereocenters. The molecule has 0 bridgehead atoms. The lowest BCUT2D eigenvalue weighted by molar-refractivity contribution is -0.145. The molecule has 0 spiro atoms. The van der Waals surface area contributed by atoms with Crippen LogP contribution in [0.15, 0.2) is 60.8 Å². The molecule has 0 radical (unpaired) electrons. The normalized spacial score (nSPS) is 15.1. The molecule has 1 aliphatic rings. The van der Waals surface area contributed by atoms with Crippen molar-refractivity contribution in [2.45, 2.75) is 95.4 Å². The van der Waals surface area contributed by atoms with Crippen LogP contribution in [-0.4, -0.2) is 234 Å². The van der Waals surface area contributed by atoms with Crippen LogP contribution in [0.1, 0.15) is 85.8 Å². The Morgan fingerprint density at radius 2 is 1.09 bits per heavy atom. The number of nitrogens with one attached hydrogen (secondary N) is 4. The predicted molar refractivity (Wildman–Crippen MR) is 291 cm³/mol. The Balaban J connectivity index is 1.27. The third-order valence-electron chi connectivity index (χ3n) is 13.6. The third-order valence-corrected chi connectivity index (χ3v) is 13.6. The first kappa shape index (κ1) is 66.2. The molecule has 2 aromatic carbocycles. The van der Waals surface area contributed by atoms with Crippen molar-refractivity contribution in [3.63, 3.8) is 0 Å². The molecule has 448 valence electrons. The lowest BCUT2D eigenvalue weighted by Gasteiger charge is -2.35. The van der Waals surface area contributed by atoms with Gasteiger partial charge in [-0.05, 0) is 74.1 Å². The molecule has 0 aliphatic carbocycles. The smallest absolute Gasteiger partial charge is 0.326 e. The van der Waals surface area contributed by atoms with Gasteiger partial charge >= 0.3 is 47.8 Å². The highest BCUT2D eigenvalue weighted by Crippen LogP contribution is 2.20. The molecule has 28 nitrogen and oxygen atoms in total. The Bertz CT molecular complexity index is 2640. The third kappa shape index (κ3) is 24.6. The molecule has 0 saturated carbocycles. The van der Waals surface area contributed by atoms with Crippen molar-refractivity contribution in [1.29, 1.82) is 0 Å². The molecule has 11 N–H and O–H groups in total. The molecule has 1 fully saturated rings. The second-order valence-corrected chi connectivity index (χ2v) is 19.8. The van der Waals surface area contributed by atoms with E-state index in [0.29, 0.717) is 36.1 Å². The fourth-order valence-electron chi connectivity index (χ4n) is 9.14. The van der Waals surface area contributed by atoms with Crippen LogP contribution in [0, 0.1) is 0 Å². The van der Waals surface area contributed by atoms with Crippen molar-refractivity contribution >= 4 is 76.3 Å². The van der Waals surface area contributed by atoms with Crippen molar-refractivity contribution in [2.75, 3.05) is 85.1 Å². The fraction of sp³-hybridized carbons (Fsp3) is 0.519. The summed E-state index contributed by atoms with van der Waals surface area (Å²) < 4.78 is 0. The van der Waals surface area contributed by atoms with Crippen LogP contribution >= 0.6 is 0 Å². The molecule has 1 aromatic heterocycles. The quantitative estimate of drug-likeness (QED) is 0.0374. The van der Waals surface area contributed by atoms with E-state index < -0.39 is 84.7 Å². The van der Waals surface area contributed by atoms with E-state index in [1.165, 1.54) is 0 Å². The summed E-state index contributed by atoms with van der Waals surface area (Å²) in [5.74, 6) is -9.76. The highest BCUT2D eigenvalue weighted by atomic mass is 16.4.